The van der Waals surface area contributed by atoms with Gasteiger partial charge in [-0.1, -0.05) is 24.3 Å². The Balaban J connectivity index is 1.94. The number of hydrogen-bond acceptors (Lipinski definition) is 3. The number of aryl methyl sites for hydroxylation is 1. The summed E-state index contributed by atoms with van der Waals surface area (Å²) >= 11 is 0. The summed E-state index contributed by atoms with van der Waals surface area (Å²) in [6, 6.07) is 12.5. The quantitative estimate of drug-likeness (QED) is 0.936. The highest BCUT2D eigenvalue weighted by molar-refractivity contribution is 5.50. The molecular weight excluding hydrogens is 262 g/mol. The van der Waals surface area contributed by atoms with Crippen molar-refractivity contribution in [3.05, 3.63) is 58.7 Å². The summed E-state index contributed by atoms with van der Waals surface area (Å²) in [5.74, 6) is 1.87. The van der Waals surface area contributed by atoms with Gasteiger partial charge in [-0.3, -0.25) is 0 Å². The van der Waals surface area contributed by atoms with Crippen LogP contribution in [0.3, 0.4) is 0 Å². The van der Waals surface area contributed by atoms with E-state index in [0.29, 0.717) is 5.92 Å². The van der Waals surface area contributed by atoms with Crippen LogP contribution in [0.4, 0.5) is 0 Å². The van der Waals surface area contributed by atoms with Crippen LogP contribution in [0.2, 0.25) is 0 Å². The third-order valence-corrected chi connectivity index (χ3v) is 4.46. The zero-order valence-electron chi connectivity index (χ0n) is 12.7. The van der Waals surface area contributed by atoms with Gasteiger partial charge in [0.15, 0.2) is 11.5 Å². The van der Waals surface area contributed by atoms with Crippen molar-refractivity contribution in [2.45, 2.75) is 25.3 Å². The molecule has 2 aromatic rings. The Kier molecular flexibility index (Phi) is 3.60. The fourth-order valence-corrected chi connectivity index (χ4v) is 3.19. The first-order valence-corrected chi connectivity index (χ1v) is 7.21. The van der Waals surface area contributed by atoms with Crippen molar-refractivity contribution in [1.82, 2.24) is 0 Å². The Bertz CT molecular complexity index is 666. The Hall–Kier alpha value is -2.00. The van der Waals surface area contributed by atoms with E-state index in [4.69, 9.17) is 15.2 Å². The van der Waals surface area contributed by atoms with E-state index in [1.807, 2.05) is 12.1 Å². The normalized spacial score (nSPS) is 17.6. The average molecular weight is 283 g/mol. The molecule has 0 aromatic heterocycles. The Morgan fingerprint density at radius 1 is 1.10 bits per heavy atom. The van der Waals surface area contributed by atoms with Gasteiger partial charge in [0.1, 0.15) is 0 Å². The molecule has 3 rings (SSSR count). The topological polar surface area (TPSA) is 44.5 Å². The zero-order chi connectivity index (χ0) is 15.0. The molecular formula is C18H21NO2. The van der Waals surface area contributed by atoms with E-state index < -0.39 is 0 Å². The third kappa shape index (κ3) is 2.28. The van der Waals surface area contributed by atoms with E-state index in [0.717, 1.165) is 29.0 Å². The maximum Gasteiger partial charge on any atom is 0.161 e. The minimum absolute atomic E-state index is 0.0142. The van der Waals surface area contributed by atoms with Crippen LogP contribution in [0.15, 0.2) is 36.4 Å². The number of rotatable bonds is 4. The molecule has 2 aromatic carbocycles. The van der Waals surface area contributed by atoms with Crippen LogP contribution in [-0.2, 0) is 6.42 Å². The second-order valence-corrected chi connectivity index (χ2v) is 5.60. The van der Waals surface area contributed by atoms with Crippen LogP contribution in [0.5, 0.6) is 11.5 Å². The summed E-state index contributed by atoms with van der Waals surface area (Å²) in [5, 5.41) is 0. The number of hydrogen-bond donors (Lipinski definition) is 1. The maximum absolute atomic E-state index is 6.53. The molecule has 2 unspecified atom stereocenters. The largest absolute Gasteiger partial charge is 0.493 e. The third-order valence-electron chi connectivity index (χ3n) is 4.46. The molecule has 0 saturated carbocycles. The lowest BCUT2D eigenvalue weighted by molar-refractivity contribution is 0.353. The number of ether oxygens (including phenoxy) is 2. The highest BCUT2D eigenvalue weighted by Gasteiger charge is 2.32. The number of nitrogens with two attached hydrogens (primary N) is 1. The molecule has 0 aliphatic heterocycles. The number of methoxy groups -OCH3 is 2. The van der Waals surface area contributed by atoms with Gasteiger partial charge in [-0.25, -0.2) is 0 Å². The lowest BCUT2D eigenvalue weighted by atomic mass is 9.71. The van der Waals surface area contributed by atoms with Crippen molar-refractivity contribution in [3.63, 3.8) is 0 Å². The van der Waals surface area contributed by atoms with E-state index in [2.05, 4.69) is 31.2 Å². The smallest absolute Gasteiger partial charge is 0.161 e. The predicted molar refractivity (Wildman–Crippen MR) is 84.1 cm³/mol. The summed E-state index contributed by atoms with van der Waals surface area (Å²) in [4.78, 5) is 0. The standard InChI is InChI=1S/C18H21NO2/c1-11-8-16(20-2)17(21-3)10-14(11)18(19)15-9-12-6-4-5-7-13(12)15/h4-8,10,15,18H,9,19H2,1-3H3. The van der Waals surface area contributed by atoms with Crippen molar-refractivity contribution >= 4 is 0 Å². The van der Waals surface area contributed by atoms with Gasteiger partial charge in [0.25, 0.3) is 0 Å². The molecule has 1 aliphatic rings. The molecule has 0 amide bonds. The number of benzene rings is 2. The zero-order valence-corrected chi connectivity index (χ0v) is 12.7. The average Bonchev–Trinajstić information content (AvgIpc) is 2.48. The van der Waals surface area contributed by atoms with E-state index in [-0.39, 0.29) is 6.04 Å². The summed E-state index contributed by atoms with van der Waals surface area (Å²) < 4.78 is 10.7. The van der Waals surface area contributed by atoms with Gasteiger partial charge in [0.05, 0.1) is 14.2 Å². The molecule has 2 N–H and O–H groups in total. The van der Waals surface area contributed by atoms with Gasteiger partial charge >= 0.3 is 0 Å². The van der Waals surface area contributed by atoms with E-state index >= 15 is 0 Å². The number of fused-ring (bicyclic) bond motifs is 1. The van der Waals surface area contributed by atoms with Gasteiger partial charge in [0.2, 0.25) is 0 Å². The lowest BCUT2D eigenvalue weighted by Gasteiger charge is -2.35. The summed E-state index contributed by atoms with van der Waals surface area (Å²) in [6.45, 7) is 2.07. The maximum atomic E-state index is 6.53. The fourth-order valence-electron chi connectivity index (χ4n) is 3.19. The first-order valence-electron chi connectivity index (χ1n) is 7.21. The van der Waals surface area contributed by atoms with Crippen LogP contribution in [0, 0.1) is 6.92 Å². The molecule has 1 aliphatic carbocycles. The first-order chi connectivity index (χ1) is 10.2. The Morgan fingerprint density at radius 2 is 1.76 bits per heavy atom. The Morgan fingerprint density at radius 3 is 2.43 bits per heavy atom. The molecule has 110 valence electrons. The molecule has 0 fully saturated rings. The summed E-state index contributed by atoms with van der Waals surface area (Å²) in [7, 11) is 3.31. The van der Waals surface area contributed by atoms with Crippen LogP contribution in [0.25, 0.3) is 0 Å². The van der Waals surface area contributed by atoms with Crippen LogP contribution >= 0.6 is 0 Å². The molecule has 0 heterocycles. The highest BCUT2D eigenvalue weighted by Crippen LogP contribution is 2.44. The molecule has 0 spiro atoms. The molecule has 3 nitrogen and oxygen atoms in total. The van der Waals surface area contributed by atoms with Gasteiger partial charge in [0, 0.05) is 12.0 Å². The van der Waals surface area contributed by atoms with Crippen LogP contribution in [0.1, 0.15) is 34.2 Å². The van der Waals surface area contributed by atoms with Crippen molar-refractivity contribution in [3.8, 4) is 11.5 Å². The van der Waals surface area contributed by atoms with Gasteiger partial charge in [-0.15, -0.1) is 0 Å². The SMILES string of the molecule is COc1cc(C)c(C(N)C2Cc3ccccc32)cc1OC. The van der Waals surface area contributed by atoms with Crippen LogP contribution in [-0.4, -0.2) is 14.2 Å². The van der Waals surface area contributed by atoms with E-state index in [9.17, 15) is 0 Å². The minimum Gasteiger partial charge on any atom is -0.493 e. The van der Waals surface area contributed by atoms with E-state index in [1.54, 1.807) is 14.2 Å². The molecule has 2 atom stereocenters. The monoisotopic (exact) mass is 283 g/mol. The van der Waals surface area contributed by atoms with Crippen molar-refractivity contribution in [2.75, 3.05) is 14.2 Å². The molecule has 21 heavy (non-hydrogen) atoms. The first kappa shape index (κ1) is 14.0. The molecule has 0 saturated heterocycles. The molecule has 0 radical (unpaired) electrons. The van der Waals surface area contributed by atoms with Crippen LogP contribution < -0.4 is 15.2 Å². The summed E-state index contributed by atoms with van der Waals surface area (Å²) in [5.41, 5.74) is 11.6. The van der Waals surface area contributed by atoms with E-state index in [1.165, 1.54) is 11.1 Å². The second-order valence-electron chi connectivity index (χ2n) is 5.60. The second kappa shape index (κ2) is 5.41. The van der Waals surface area contributed by atoms with Gasteiger partial charge in [-0.05, 0) is 47.7 Å². The van der Waals surface area contributed by atoms with Gasteiger partial charge in [-0.2, -0.15) is 0 Å². The summed E-state index contributed by atoms with van der Waals surface area (Å²) in [6.07, 6.45) is 1.05. The lowest BCUT2D eigenvalue weighted by Crippen LogP contribution is -2.29. The van der Waals surface area contributed by atoms with Gasteiger partial charge < -0.3 is 15.2 Å². The van der Waals surface area contributed by atoms with Crippen molar-refractivity contribution in [2.24, 2.45) is 5.73 Å². The predicted octanol–water partition coefficient (Wildman–Crippen LogP) is 3.35. The van der Waals surface area contributed by atoms with Crippen molar-refractivity contribution < 1.29 is 9.47 Å². The van der Waals surface area contributed by atoms with Crippen molar-refractivity contribution in [1.29, 1.82) is 0 Å². The Labute approximate surface area is 125 Å². The fraction of sp³-hybridized carbons (Fsp3) is 0.333. The molecule has 0 bridgehead atoms. The molecule has 3 heteroatoms. The minimum atomic E-state index is -0.0142. The highest BCUT2D eigenvalue weighted by atomic mass is 16.5.